The number of ketones is 1. The summed E-state index contributed by atoms with van der Waals surface area (Å²) in [6.45, 7) is 0.623. The highest BCUT2D eigenvalue weighted by Gasteiger charge is 2.25. The minimum absolute atomic E-state index is 0.0342. The Hall–Kier alpha value is -1.20. The first-order valence-electron chi connectivity index (χ1n) is 6.43. The molecule has 0 amide bonds. The highest BCUT2D eigenvalue weighted by Crippen LogP contribution is 2.14. The predicted molar refractivity (Wildman–Crippen MR) is 72.8 cm³/mol. The summed E-state index contributed by atoms with van der Waals surface area (Å²) in [6.07, 6.45) is 1.62. The van der Waals surface area contributed by atoms with Crippen LogP contribution < -0.4 is 0 Å². The van der Waals surface area contributed by atoms with Gasteiger partial charge in [0.2, 0.25) is 0 Å². The summed E-state index contributed by atoms with van der Waals surface area (Å²) in [5.41, 5.74) is 0.847. The van der Waals surface area contributed by atoms with Crippen molar-refractivity contribution in [3.8, 4) is 0 Å². The fraction of sp³-hybridized carbons (Fsp3) is 0.500. The Morgan fingerprint density at radius 3 is 2.63 bits per heavy atom. The second kappa shape index (κ2) is 6.30. The van der Waals surface area contributed by atoms with Crippen molar-refractivity contribution in [1.82, 2.24) is 0 Å². The van der Waals surface area contributed by atoms with Crippen LogP contribution in [0.3, 0.4) is 0 Å². The van der Waals surface area contributed by atoms with Gasteiger partial charge in [-0.3, -0.25) is 4.79 Å². The van der Waals surface area contributed by atoms with Crippen LogP contribution in [0.2, 0.25) is 0 Å². The van der Waals surface area contributed by atoms with Gasteiger partial charge in [0.1, 0.15) is 5.75 Å². The number of sulfone groups is 1. The van der Waals surface area contributed by atoms with Crippen molar-refractivity contribution >= 4 is 15.6 Å². The summed E-state index contributed by atoms with van der Waals surface area (Å²) in [7, 11) is -3.36. The highest BCUT2D eigenvalue weighted by atomic mass is 32.2. The Kier molecular flexibility index (Phi) is 4.71. The van der Waals surface area contributed by atoms with Crippen molar-refractivity contribution in [1.29, 1.82) is 0 Å². The van der Waals surface area contributed by atoms with Gasteiger partial charge in [-0.05, 0) is 18.4 Å². The molecule has 1 aromatic rings. The zero-order valence-electron chi connectivity index (χ0n) is 10.7. The molecular formula is C14H18O4S. The van der Waals surface area contributed by atoms with E-state index in [-0.39, 0.29) is 29.8 Å². The van der Waals surface area contributed by atoms with Crippen molar-refractivity contribution in [3.05, 3.63) is 35.9 Å². The van der Waals surface area contributed by atoms with Crippen molar-refractivity contribution in [2.75, 3.05) is 18.1 Å². The first-order valence-corrected chi connectivity index (χ1v) is 8.25. The highest BCUT2D eigenvalue weighted by molar-refractivity contribution is 7.92. The van der Waals surface area contributed by atoms with E-state index in [4.69, 9.17) is 4.74 Å². The first-order chi connectivity index (χ1) is 9.05. The van der Waals surface area contributed by atoms with Gasteiger partial charge >= 0.3 is 0 Å². The van der Waals surface area contributed by atoms with Gasteiger partial charge in [-0.2, -0.15) is 0 Å². The summed E-state index contributed by atoms with van der Waals surface area (Å²) in [5, 5.41) is 0. The lowest BCUT2D eigenvalue weighted by atomic mass is 10.1. The minimum Gasteiger partial charge on any atom is -0.377 e. The van der Waals surface area contributed by atoms with Crippen LogP contribution in [0.4, 0.5) is 0 Å². The van der Waals surface area contributed by atoms with Crippen molar-refractivity contribution in [2.45, 2.75) is 25.4 Å². The van der Waals surface area contributed by atoms with E-state index in [1.54, 1.807) is 0 Å². The summed E-state index contributed by atoms with van der Waals surface area (Å²) < 4.78 is 29.1. The maximum Gasteiger partial charge on any atom is 0.159 e. The molecule has 0 radical (unpaired) electrons. The van der Waals surface area contributed by atoms with Crippen LogP contribution in [0.25, 0.3) is 0 Å². The molecule has 19 heavy (non-hydrogen) atoms. The third kappa shape index (κ3) is 4.76. The molecule has 5 heteroatoms. The van der Waals surface area contributed by atoms with E-state index >= 15 is 0 Å². The molecule has 1 saturated heterocycles. The van der Waals surface area contributed by atoms with Crippen LogP contribution >= 0.6 is 0 Å². The summed E-state index contributed by atoms with van der Waals surface area (Å²) in [5.74, 6) is -0.681. The monoisotopic (exact) mass is 282 g/mol. The van der Waals surface area contributed by atoms with Crippen LogP contribution in [0.5, 0.6) is 0 Å². The zero-order chi connectivity index (χ0) is 13.7. The Balaban J connectivity index is 1.87. The van der Waals surface area contributed by atoms with E-state index in [0.717, 1.165) is 18.4 Å². The molecule has 104 valence electrons. The Morgan fingerprint density at radius 1 is 1.26 bits per heavy atom. The van der Waals surface area contributed by atoms with E-state index in [9.17, 15) is 13.2 Å². The van der Waals surface area contributed by atoms with Gasteiger partial charge in [0.25, 0.3) is 0 Å². The van der Waals surface area contributed by atoms with Crippen LogP contribution in [0.1, 0.15) is 18.4 Å². The number of carbonyl (C=O) groups excluding carboxylic acids is 1. The molecule has 4 nitrogen and oxygen atoms in total. The maximum atomic E-state index is 11.9. The molecule has 0 spiro atoms. The third-order valence-corrected chi connectivity index (χ3v) is 4.73. The van der Waals surface area contributed by atoms with Crippen LogP contribution in [-0.4, -0.2) is 38.4 Å². The number of benzene rings is 1. The number of hydrogen-bond acceptors (Lipinski definition) is 4. The predicted octanol–water partition coefficient (Wildman–Crippen LogP) is 1.39. The van der Waals surface area contributed by atoms with Crippen LogP contribution in [-0.2, 0) is 25.8 Å². The SMILES string of the molecule is O=C(Cc1ccccc1)CS(=O)(=O)CC1CCCO1. The lowest BCUT2D eigenvalue weighted by Crippen LogP contribution is -2.26. The molecule has 0 bridgehead atoms. The molecule has 1 aromatic carbocycles. The van der Waals surface area contributed by atoms with Gasteiger partial charge in [-0.1, -0.05) is 30.3 Å². The topological polar surface area (TPSA) is 60.4 Å². The van der Waals surface area contributed by atoms with E-state index in [1.165, 1.54) is 0 Å². The molecule has 1 heterocycles. The average molecular weight is 282 g/mol. The summed E-state index contributed by atoms with van der Waals surface area (Å²) in [6, 6.07) is 9.18. The van der Waals surface area contributed by atoms with E-state index < -0.39 is 9.84 Å². The van der Waals surface area contributed by atoms with Crippen LogP contribution in [0, 0.1) is 0 Å². The van der Waals surface area contributed by atoms with Crippen LogP contribution in [0.15, 0.2) is 30.3 Å². The van der Waals surface area contributed by atoms with E-state index in [0.29, 0.717) is 6.61 Å². The van der Waals surface area contributed by atoms with Gasteiger partial charge in [0, 0.05) is 13.0 Å². The third-order valence-electron chi connectivity index (χ3n) is 3.09. The van der Waals surface area contributed by atoms with Gasteiger partial charge in [-0.15, -0.1) is 0 Å². The van der Waals surface area contributed by atoms with Crippen molar-refractivity contribution in [3.63, 3.8) is 0 Å². The number of carbonyl (C=O) groups is 1. The maximum absolute atomic E-state index is 11.9. The summed E-state index contributed by atoms with van der Waals surface area (Å²) in [4.78, 5) is 11.8. The Labute approximate surface area is 113 Å². The summed E-state index contributed by atoms with van der Waals surface area (Å²) >= 11 is 0. The molecule has 1 atom stereocenters. The van der Waals surface area contributed by atoms with Crippen molar-refractivity contribution in [2.24, 2.45) is 0 Å². The van der Waals surface area contributed by atoms with Gasteiger partial charge < -0.3 is 4.74 Å². The fourth-order valence-corrected chi connectivity index (χ4v) is 3.78. The normalized spacial score (nSPS) is 19.5. The molecule has 2 rings (SSSR count). The number of Topliss-reactive ketones (excluding diaryl/α,β-unsaturated/α-hetero) is 1. The molecule has 1 unspecified atom stereocenters. The molecule has 1 aliphatic heterocycles. The second-order valence-electron chi connectivity index (χ2n) is 4.89. The number of ether oxygens (including phenoxy) is 1. The molecule has 0 saturated carbocycles. The first kappa shape index (κ1) is 14.2. The average Bonchev–Trinajstić information content (AvgIpc) is 2.81. The number of hydrogen-bond donors (Lipinski definition) is 0. The Bertz CT molecular complexity index is 516. The van der Waals surface area contributed by atoms with Gasteiger partial charge in [0.05, 0.1) is 11.9 Å². The molecule has 0 aromatic heterocycles. The zero-order valence-corrected chi connectivity index (χ0v) is 11.6. The lowest BCUT2D eigenvalue weighted by molar-refractivity contribution is -0.116. The quantitative estimate of drug-likeness (QED) is 0.791. The second-order valence-corrected chi connectivity index (χ2v) is 7.00. The van der Waals surface area contributed by atoms with E-state index in [1.807, 2.05) is 30.3 Å². The largest absolute Gasteiger partial charge is 0.377 e. The number of rotatable bonds is 6. The minimum atomic E-state index is -3.36. The smallest absolute Gasteiger partial charge is 0.159 e. The van der Waals surface area contributed by atoms with Gasteiger partial charge in [-0.25, -0.2) is 8.42 Å². The molecule has 0 aliphatic carbocycles. The van der Waals surface area contributed by atoms with Gasteiger partial charge in [0.15, 0.2) is 15.6 Å². The fourth-order valence-electron chi connectivity index (χ4n) is 2.24. The molecule has 0 N–H and O–H groups in total. The Morgan fingerprint density at radius 2 is 2.00 bits per heavy atom. The molecule has 1 aliphatic rings. The molecule has 1 fully saturated rings. The van der Waals surface area contributed by atoms with E-state index in [2.05, 4.69) is 0 Å². The van der Waals surface area contributed by atoms with Crippen molar-refractivity contribution < 1.29 is 17.9 Å². The molecular weight excluding hydrogens is 264 g/mol. The standard InChI is InChI=1S/C14H18O4S/c15-13(9-12-5-2-1-3-6-12)10-19(16,17)11-14-7-4-8-18-14/h1-3,5-6,14H,4,7-11H2. The lowest BCUT2D eigenvalue weighted by Gasteiger charge is -2.09.